The van der Waals surface area contributed by atoms with Crippen LogP contribution in [0, 0.1) is 11.3 Å². The Morgan fingerprint density at radius 3 is 2.50 bits per heavy atom. The Morgan fingerprint density at radius 2 is 1.79 bits per heavy atom. The van der Waals surface area contributed by atoms with Crippen LogP contribution < -0.4 is 26.0 Å². The maximum absolute atomic E-state index is 13.5. The lowest BCUT2D eigenvalue weighted by Crippen LogP contribution is -2.59. The largest absolute Gasteiger partial charge is 0.484 e. The van der Waals surface area contributed by atoms with E-state index in [1.54, 1.807) is 11.8 Å². The minimum Gasteiger partial charge on any atom is -0.484 e. The fourth-order valence-electron chi connectivity index (χ4n) is 4.91. The van der Waals surface area contributed by atoms with Crippen LogP contribution in [-0.4, -0.2) is 62.5 Å². The van der Waals surface area contributed by atoms with E-state index in [0.29, 0.717) is 25.2 Å². The molecule has 1 saturated heterocycles. The number of anilines is 2. The number of benzene rings is 2. The Balaban J connectivity index is 1.36. The van der Waals surface area contributed by atoms with Gasteiger partial charge in [-0.05, 0) is 48.4 Å². The topological polar surface area (TPSA) is 127 Å². The number of para-hydroxylation sites is 1. The average Bonchev–Trinajstić information content (AvgIpc) is 3.39. The van der Waals surface area contributed by atoms with E-state index in [9.17, 15) is 14.4 Å². The summed E-state index contributed by atoms with van der Waals surface area (Å²) in [6, 6.07) is 11.7. The molecule has 4 N–H and O–H groups in total. The van der Waals surface area contributed by atoms with Gasteiger partial charge >= 0.3 is 0 Å². The minimum absolute atomic E-state index is 0.146. The molecule has 0 aliphatic carbocycles. The number of carbonyl (C=O) groups excluding carboxylic acids is 3. The highest BCUT2D eigenvalue weighted by Gasteiger charge is 2.37. The summed E-state index contributed by atoms with van der Waals surface area (Å²) >= 11 is 1.67. The number of rotatable bonds is 11. The van der Waals surface area contributed by atoms with Crippen LogP contribution in [0.4, 0.5) is 11.4 Å². The monoisotopic (exact) mass is 598 g/mol. The first-order valence-corrected chi connectivity index (χ1v) is 15.1. The summed E-state index contributed by atoms with van der Waals surface area (Å²) in [5, 5.41) is 12.1. The van der Waals surface area contributed by atoms with Gasteiger partial charge in [-0.2, -0.15) is 0 Å². The maximum Gasteiger partial charge on any atom is 0.258 e. The molecule has 3 amide bonds. The van der Waals surface area contributed by atoms with E-state index in [4.69, 9.17) is 14.2 Å². The third-order valence-corrected chi connectivity index (χ3v) is 8.22. The second-order valence-corrected chi connectivity index (χ2v) is 13.2. The molecule has 228 valence electrons. The van der Waals surface area contributed by atoms with E-state index < -0.39 is 35.6 Å². The maximum atomic E-state index is 13.5. The first kappa shape index (κ1) is 31.7. The smallest absolute Gasteiger partial charge is 0.258 e. The van der Waals surface area contributed by atoms with E-state index in [-0.39, 0.29) is 24.5 Å². The zero-order valence-electron chi connectivity index (χ0n) is 25.1. The Labute approximate surface area is 252 Å². The van der Waals surface area contributed by atoms with Gasteiger partial charge in [0.15, 0.2) is 12.9 Å². The number of hydrogen-bond acceptors (Lipinski definition) is 8. The second kappa shape index (κ2) is 13.8. The lowest BCUT2D eigenvalue weighted by molar-refractivity contribution is -0.136. The van der Waals surface area contributed by atoms with Gasteiger partial charge in [-0.15, -0.1) is 0 Å². The van der Waals surface area contributed by atoms with Crippen LogP contribution in [0.5, 0.6) is 5.75 Å². The minimum atomic E-state index is -0.893. The summed E-state index contributed by atoms with van der Waals surface area (Å²) in [6.45, 7) is 9.77. The van der Waals surface area contributed by atoms with Gasteiger partial charge in [0.05, 0.1) is 24.0 Å². The van der Waals surface area contributed by atoms with Gasteiger partial charge in [0.1, 0.15) is 17.8 Å². The van der Waals surface area contributed by atoms with Gasteiger partial charge in [0, 0.05) is 23.0 Å². The Kier molecular flexibility index (Phi) is 10.4. The Bertz CT molecular complexity index is 1280. The second-order valence-electron chi connectivity index (χ2n) is 12.1. The van der Waals surface area contributed by atoms with Crippen LogP contribution in [-0.2, 0) is 23.9 Å². The van der Waals surface area contributed by atoms with Crippen molar-refractivity contribution in [2.24, 2.45) is 11.3 Å². The van der Waals surface area contributed by atoms with Gasteiger partial charge in [-0.3, -0.25) is 14.4 Å². The zero-order valence-corrected chi connectivity index (χ0v) is 25.9. The highest BCUT2D eigenvalue weighted by molar-refractivity contribution is 7.99. The van der Waals surface area contributed by atoms with E-state index in [2.05, 4.69) is 27.3 Å². The first-order chi connectivity index (χ1) is 19.9. The van der Waals surface area contributed by atoms with E-state index >= 15 is 0 Å². The molecule has 2 aromatic carbocycles. The fraction of sp³-hybridized carbons (Fsp3) is 0.516. The van der Waals surface area contributed by atoms with Crippen molar-refractivity contribution in [3.05, 3.63) is 42.5 Å². The standard InChI is InChI=1S/C31H42N4O6S/c1-18(2)15-23(28(37)33-21-13-14-40-30(21)39-6)34-29(38)27(31(3,4)5)35-26(36)17-41-19-11-12-25-22(16-19)32-20-9-7-8-10-24(20)42-25/h7-12,16,18,21,23,27,30,32H,13-15,17H2,1-6H3,(H,33,37)(H,34,38)(H,35,36)/t21-,23-,27+,30?/m0/s1. The molecule has 0 aromatic heterocycles. The van der Waals surface area contributed by atoms with Crippen molar-refractivity contribution in [1.82, 2.24) is 16.0 Å². The van der Waals surface area contributed by atoms with Gasteiger partial charge in [0.25, 0.3) is 5.91 Å². The molecule has 2 aliphatic heterocycles. The molecule has 4 atom stereocenters. The average molecular weight is 599 g/mol. The first-order valence-electron chi connectivity index (χ1n) is 14.3. The molecule has 2 aliphatic rings. The fourth-order valence-corrected chi connectivity index (χ4v) is 5.88. The number of carbonyl (C=O) groups is 3. The van der Waals surface area contributed by atoms with Crippen molar-refractivity contribution in [3.63, 3.8) is 0 Å². The number of fused-ring (bicyclic) bond motifs is 2. The third-order valence-electron chi connectivity index (χ3n) is 7.07. The number of hydrogen-bond donors (Lipinski definition) is 4. The summed E-state index contributed by atoms with van der Waals surface area (Å²) in [4.78, 5) is 41.9. The van der Waals surface area contributed by atoms with Crippen molar-refractivity contribution in [1.29, 1.82) is 0 Å². The SMILES string of the molecule is COC1OCC[C@@H]1NC(=O)[C@H](CC(C)C)NC(=O)[C@@H](NC(=O)COc1ccc2c(c1)Nc1ccccc1S2)C(C)(C)C. The van der Waals surface area contributed by atoms with Crippen LogP contribution in [0.1, 0.15) is 47.5 Å². The number of ether oxygens (including phenoxy) is 3. The molecule has 2 aromatic rings. The molecule has 10 nitrogen and oxygen atoms in total. The van der Waals surface area contributed by atoms with E-state index in [0.717, 1.165) is 21.2 Å². The molecule has 0 saturated carbocycles. The highest BCUT2D eigenvalue weighted by Crippen LogP contribution is 2.45. The lowest BCUT2D eigenvalue weighted by Gasteiger charge is -2.32. The predicted molar refractivity (Wildman–Crippen MR) is 162 cm³/mol. The molecule has 0 spiro atoms. The van der Waals surface area contributed by atoms with Crippen LogP contribution >= 0.6 is 11.8 Å². The zero-order chi connectivity index (χ0) is 30.4. The van der Waals surface area contributed by atoms with Gasteiger partial charge in [-0.25, -0.2) is 0 Å². The molecule has 4 rings (SSSR count). The molecule has 0 radical (unpaired) electrons. The molecule has 42 heavy (non-hydrogen) atoms. The molecule has 2 heterocycles. The molecule has 0 bridgehead atoms. The van der Waals surface area contributed by atoms with Crippen LogP contribution in [0.3, 0.4) is 0 Å². The summed E-state index contributed by atoms with van der Waals surface area (Å²) in [5.41, 5.74) is 1.29. The summed E-state index contributed by atoms with van der Waals surface area (Å²) < 4.78 is 16.6. The number of amides is 3. The molecule has 1 fully saturated rings. The van der Waals surface area contributed by atoms with Gasteiger partial charge < -0.3 is 35.5 Å². The van der Waals surface area contributed by atoms with Crippen molar-refractivity contribution in [2.45, 2.75) is 81.7 Å². The van der Waals surface area contributed by atoms with Crippen molar-refractivity contribution < 1.29 is 28.6 Å². The predicted octanol–water partition coefficient (Wildman–Crippen LogP) is 4.21. The summed E-state index contributed by atoms with van der Waals surface area (Å²) in [7, 11) is 1.53. The van der Waals surface area contributed by atoms with Gasteiger partial charge in [0.2, 0.25) is 11.8 Å². The Hall–Kier alpha value is -3.28. The van der Waals surface area contributed by atoms with Crippen LogP contribution in [0.15, 0.2) is 52.3 Å². The van der Waals surface area contributed by atoms with Gasteiger partial charge in [-0.1, -0.05) is 58.5 Å². The van der Waals surface area contributed by atoms with Crippen molar-refractivity contribution in [3.8, 4) is 5.75 Å². The highest BCUT2D eigenvalue weighted by atomic mass is 32.2. The van der Waals surface area contributed by atoms with Crippen molar-refractivity contribution in [2.75, 3.05) is 25.6 Å². The summed E-state index contributed by atoms with van der Waals surface area (Å²) in [5.74, 6) is -0.499. The van der Waals surface area contributed by atoms with E-state index in [1.165, 1.54) is 7.11 Å². The van der Waals surface area contributed by atoms with Crippen LogP contribution in [0.2, 0.25) is 0 Å². The molecular formula is C31H42N4O6S. The molecule has 1 unspecified atom stereocenters. The van der Waals surface area contributed by atoms with Crippen LogP contribution in [0.25, 0.3) is 0 Å². The molecular weight excluding hydrogens is 556 g/mol. The quantitative estimate of drug-likeness (QED) is 0.259. The third kappa shape index (κ3) is 8.17. The summed E-state index contributed by atoms with van der Waals surface area (Å²) in [6.07, 6.45) is 0.539. The van der Waals surface area contributed by atoms with E-state index in [1.807, 2.05) is 71.0 Å². The number of nitrogens with one attached hydrogen (secondary N) is 4. The van der Waals surface area contributed by atoms with Crippen molar-refractivity contribution >= 4 is 40.9 Å². The normalized spacial score (nSPS) is 19.1. The Morgan fingerprint density at radius 1 is 1.05 bits per heavy atom. The lowest BCUT2D eigenvalue weighted by atomic mass is 9.85. The number of methoxy groups -OCH3 is 1. The molecule has 11 heteroatoms.